The summed E-state index contributed by atoms with van der Waals surface area (Å²) in [5.74, 6) is -0.141. The van der Waals surface area contributed by atoms with Gasteiger partial charge in [-0.2, -0.15) is 0 Å². The highest BCUT2D eigenvalue weighted by atomic mass is 16.2. The topological polar surface area (TPSA) is 49.4 Å². The third kappa shape index (κ3) is 3.09. The van der Waals surface area contributed by atoms with Crippen molar-refractivity contribution in [3.05, 3.63) is 35.4 Å². The lowest BCUT2D eigenvalue weighted by molar-refractivity contribution is -0.144. The fourth-order valence-corrected chi connectivity index (χ4v) is 2.63. The van der Waals surface area contributed by atoms with Crippen LogP contribution in [0.4, 0.5) is 0 Å². The van der Waals surface area contributed by atoms with Gasteiger partial charge in [-0.05, 0) is 44.7 Å². The smallest absolute Gasteiger partial charge is 0.238 e. The highest BCUT2D eigenvalue weighted by molar-refractivity contribution is 6.07. The standard InChI is InChI=1S/C17H24N2O2/c1-4-19(5-2)16(21)17(10-11-17)15(20)18-12-14-9-7-6-8-13(14)3/h6-9H,4-5,10-12H2,1-3H3,(H,18,20). The molecule has 0 aliphatic heterocycles. The molecule has 2 amide bonds. The van der Waals surface area contributed by atoms with Gasteiger partial charge >= 0.3 is 0 Å². The lowest BCUT2D eigenvalue weighted by Gasteiger charge is -2.24. The van der Waals surface area contributed by atoms with Gasteiger partial charge in [-0.15, -0.1) is 0 Å². The molecule has 1 N–H and O–H groups in total. The fraction of sp³-hybridized carbons (Fsp3) is 0.529. The van der Waals surface area contributed by atoms with E-state index < -0.39 is 5.41 Å². The molecule has 1 aromatic carbocycles. The summed E-state index contributed by atoms with van der Waals surface area (Å²) in [5, 5.41) is 2.94. The number of hydrogen-bond donors (Lipinski definition) is 1. The number of nitrogens with one attached hydrogen (secondary N) is 1. The Morgan fingerprint density at radius 1 is 1.19 bits per heavy atom. The SMILES string of the molecule is CCN(CC)C(=O)C1(C(=O)NCc2ccccc2C)CC1. The summed E-state index contributed by atoms with van der Waals surface area (Å²) in [7, 11) is 0. The monoisotopic (exact) mass is 288 g/mol. The molecule has 1 saturated carbocycles. The number of hydrogen-bond acceptors (Lipinski definition) is 2. The maximum absolute atomic E-state index is 12.5. The van der Waals surface area contributed by atoms with E-state index in [1.165, 1.54) is 0 Å². The molecule has 21 heavy (non-hydrogen) atoms. The van der Waals surface area contributed by atoms with Crippen molar-refractivity contribution >= 4 is 11.8 Å². The average molecular weight is 288 g/mol. The average Bonchev–Trinajstić information content (AvgIpc) is 3.29. The summed E-state index contributed by atoms with van der Waals surface area (Å²) in [6.45, 7) is 7.71. The summed E-state index contributed by atoms with van der Waals surface area (Å²) >= 11 is 0. The summed E-state index contributed by atoms with van der Waals surface area (Å²) in [6, 6.07) is 7.96. The Hall–Kier alpha value is -1.84. The van der Waals surface area contributed by atoms with Gasteiger partial charge in [-0.25, -0.2) is 0 Å². The molecule has 0 heterocycles. The molecule has 0 bridgehead atoms. The first-order valence-electron chi connectivity index (χ1n) is 7.67. The van der Waals surface area contributed by atoms with Crippen LogP contribution in [0, 0.1) is 12.3 Å². The van der Waals surface area contributed by atoms with Crippen molar-refractivity contribution in [3.63, 3.8) is 0 Å². The van der Waals surface area contributed by atoms with Crippen LogP contribution in [0.3, 0.4) is 0 Å². The molecule has 114 valence electrons. The Bertz CT molecular complexity index is 531. The number of carbonyl (C=O) groups is 2. The van der Waals surface area contributed by atoms with Gasteiger partial charge in [0, 0.05) is 19.6 Å². The highest BCUT2D eigenvalue weighted by Gasteiger charge is 2.57. The van der Waals surface area contributed by atoms with E-state index in [2.05, 4.69) is 5.32 Å². The molecule has 1 aliphatic carbocycles. The molecule has 0 saturated heterocycles. The number of rotatable bonds is 6. The zero-order chi connectivity index (χ0) is 15.5. The molecule has 1 fully saturated rings. The highest BCUT2D eigenvalue weighted by Crippen LogP contribution is 2.47. The van der Waals surface area contributed by atoms with E-state index >= 15 is 0 Å². The van der Waals surface area contributed by atoms with E-state index in [1.54, 1.807) is 4.90 Å². The van der Waals surface area contributed by atoms with Crippen LogP contribution in [-0.4, -0.2) is 29.8 Å². The van der Waals surface area contributed by atoms with Crippen molar-refractivity contribution in [2.45, 2.75) is 40.2 Å². The quantitative estimate of drug-likeness (QED) is 0.816. The van der Waals surface area contributed by atoms with Crippen LogP contribution >= 0.6 is 0 Å². The van der Waals surface area contributed by atoms with E-state index in [-0.39, 0.29) is 11.8 Å². The minimum Gasteiger partial charge on any atom is -0.351 e. The molecule has 0 atom stereocenters. The van der Waals surface area contributed by atoms with Crippen LogP contribution < -0.4 is 5.32 Å². The van der Waals surface area contributed by atoms with E-state index in [0.29, 0.717) is 32.5 Å². The Kier molecular flexibility index (Phi) is 4.66. The van der Waals surface area contributed by atoms with Crippen LogP contribution in [0.2, 0.25) is 0 Å². The second kappa shape index (κ2) is 6.29. The zero-order valence-electron chi connectivity index (χ0n) is 13.1. The predicted octanol–water partition coefficient (Wildman–Crippen LogP) is 2.26. The van der Waals surface area contributed by atoms with Crippen molar-refractivity contribution in [1.29, 1.82) is 0 Å². The van der Waals surface area contributed by atoms with Gasteiger partial charge < -0.3 is 10.2 Å². The third-order valence-electron chi connectivity index (χ3n) is 4.35. The van der Waals surface area contributed by atoms with E-state index in [4.69, 9.17) is 0 Å². The Morgan fingerprint density at radius 3 is 2.33 bits per heavy atom. The maximum atomic E-state index is 12.5. The van der Waals surface area contributed by atoms with Crippen molar-refractivity contribution in [1.82, 2.24) is 10.2 Å². The normalized spacial score (nSPS) is 15.4. The van der Waals surface area contributed by atoms with Gasteiger partial charge in [-0.3, -0.25) is 9.59 Å². The fourth-order valence-electron chi connectivity index (χ4n) is 2.63. The maximum Gasteiger partial charge on any atom is 0.238 e. The summed E-state index contributed by atoms with van der Waals surface area (Å²) < 4.78 is 0. The first kappa shape index (κ1) is 15.5. The molecule has 1 aliphatic rings. The second-order valence-corrected chi connectivity index (χ2v) is 5.67. The number of amides is 2. The van der Waals surface area contributed by atoms with Crippen molar-refractivity contribution < 1.29 is 9.59 Å². The van der Waals surface area contributed by atoms with Crippen LogP contribution in [0.15, 0.2) is 24.3 Å². The van der Waals surface area contributed by atoms with Gasteiger partial charge in [0.2, 0.25) is 11.8 Å². The minimum atomic E-state index is -0.797. The predicted molar refractivity (Wildman–Crippen MR) is 82.6 cm³/mol. The van der Waals surface area contributed by atoms with Gasteiger partial charge in [-0.1, -0.05) is 24.3 Å². The Labute approximate surface area is 126 Å². The van der Waals surface area contributed by atoms with Crippen molar-refractivity contribution in [2.75, 3.05) is 13.1 Å². The third-order valence-corrected chi connectivity index (χ3v) is 4.35. The Balaban J connectivity index is 2.00. The van der Waals surface area contributed by atoms with E-state index in [9.17, 15) is 9.59 Å². The Morgan fingerprint density at radius 2 is 1.81 bits per heavy atom. The molecule has 2 rings (SSSR count). The van der Waals surface area contributed by atoms with Gasteiger partial charge in [0.25, 0.3) is 0 Å². The lowest BCUT2D eigenvalue weighted by atomic mass is 10.0. The van der Waals surface area contributed by atoms with Crippen LogP contribution in [0.1, 0.15) is 37.8 Å². The first-order valence-corrected chi connectivity index (χ1v) is 7.67. The molecule has 0 aromatic heterocycles. The first-order chi connectivity index (χ1) is 10.0. The summed E-state index contributed by atoms with van der Waals surface area (Å²) in [4.78, 5) is 26.7. The molecule has 1 aromatic rings. The molecular formula is C17H24N2O2. The van der Waals surface area contributed by atoms with Crippen molar-refractivity contribution in [3.8, 4) is 0 Å². The number of aryl methyl sites for hydroxylation is 1. The largest absolute Gasteiger partial charge is 0.351 e. The van der Waals surface area contributed by atoms with E-state index in [1.807, 2.05) is 45.0 Å². The van der Waals surface area contributed by atoms with Gasteiger partial charge in [0.05, 0.1) is 0 Å². The number of carbonyl (C=O) groups excluding carboxylic acids is 2. The zero-order valence-corrected chi connectivity index (χ0v) is 13.1. The van der Waals surface area contributed by atoms with Crippen molar-refractivity contribution in [2.24, 2.45) is 5.41 Å². The van der Waals surface area contributed by atoms with Gasteiger partial charge in [0.1, 0.15) is 5.41 Å². The molecule has 0 radical (unpaired) electrons. The van der Waals surface area contributed by atoms with Crippen LogP contribution in [-0.2, 0) is 16.1 Å². The second-order valence-electron chi connectivity index (χ2n) is 5.67. The van der Waals surface area contributed by atoms with E-state index in [0.717, 1.165) is 11.1 Å². The summed E-state index contributed by atoms with van der Waals surface area (Å²) in [5.41, 5.74) is 1.45. The van der Waals surface area contributed by atoms with Crippen LogP contribution in [0.25, 0.3) is 0 Å². The minimum absolute atomic E-state index is 0.0187. The molecular weight excluding hydrogens is 264 g/mol. The van der Waals surface area contributed by atoms with Crippen LogP contribution in [0.5, 0.6) is 0 Å². The molecule has 0 spiro atoms. The lowest BCUT2D eigenvalue weighted by Crippen LogP contribution is -2.45. The number of benzene rings is 1. The molecule has 4 heteroatoms. The molecule has 0 unspecified atom stereocenters. The summed E-state index contributed by atoms with van der Waals surface area (Å²) in [6.07, 6.45) is 1.34. The molecule has 4 nitrogen and oxygen atoms in total. The number of nitrogens with zero attached hydrogens (tertiary/aromatic N) is 1. The van der Waals surface area contributed by atoms with Gasteiger partial charge in [0.15, 0.2) is 0 Å².